The van der Waals surface area contributed by atoms with Gasteiger partial charge >= 0.3 is 0 Å². The highest BCUT2D eigenvalue weighted by Gasteiger charge is 2.30. The smallest absolute Gasteiger partial charge is 0.223 e. The number of piperazine rings is 1. The highest BCUT2D eigenvalue weighted by atomic mass is 35.5. The number of methoxy groups -OCH3 is 1. The van der Waals surface area contributed by atoms with Crippen molar-refractivity contribution in [2.75, 3.05) is 26.7 Å². The van der Waals surface area contributed by atoms with E-state index in [1.54, 1.807) is 7.11 Å². The fraction of sp³-hybridized carbons (Fsp3) is 0.611. The SMILES string of the molecule is CCC(CC)CC(=O)N1CCNCC1c1ccccc1OC.Cl. The summed E-state index contributed by atoms with van der Waals surface area (Å²) in [4.78, 5) is 14.8. The van der Waals surface area contributed by atoms with E-state index in [4.69, 9.17) is 4.74 Å². The van der Waals surface area contributed by atoms with E-state index in [-0.39, 0.29) is 24.4 Å². The molecule has 1 heterocycles. The number of ether oxygens (including phenoxy) is 1. The van der Waals surface area contributed by atoms with Crippen molar-refractivity contribution >= 4 is 18.3 Å². The van der Waals surface area contributed by atoms with Crippen molar-refractivity contribution in [1.29, 1.82) is 0 Å². The van der Waals surface area contributed by atoms with E-state index in [1.165, 1.54) is 0 Å². The van der Waals surface area contributed by atoms with Crippen molar-refractivity contribution < 1.29 is 9.53 Å². The Morgan fingerprint density at radius 1 is 1.35 bits per heavy atom. The van der Waals surface area contributed by atoms with Crippen LogP contribution >= 0.6 is 12.4 Å². The fourth-order valence-corrected chi connectivity index (χ4v) is 3.16. The Kier molecular flexibility index (Phi) is 8.42. The summed E-state index contributed by atoms with van der Waals surface area (Å²) in [6.45, 7) is 6.74. The summed E-state index contributed by atoms with van der Waals surface area (Å²) in [6.07, 6.45) is 2.78. The largest absolute Gasteiger partial charge is 0.496 e. The molecule has 1 unspecified atom stereocenters. The van der Waals surface area contributed by atoms with Crippen molar-refractivity contribution in [2.24, 2.45) is 5.92 Å². The van der Waals surface area contributed by atoms with E-state index in [0.717, 1.165) is 43.8 Å². The minimum Gasteiger partial charge on any atom is -0.496 e. The van der Waals surface area contributed by atoms with Crippen LogP contribution in [0.1, 0.15) is 44.7 Å². The van der Waals surface area contributed by atoms with E-state index in [0.29, 0.717) is 12.3 Å². The first-order valence-electron chi connectivity index (χ1n) is 8.34. The van der Waals surface area contributed by atoms with Crippen LogP contribution in [0.3, 0.4) is 0 Å². The highest BCUT2D eigenvalue weighted by Crippen LogP contribution is 2.31. The predicted molar refractivity (Wildman–Crippen MR) is 96.3 cm³/mol. The molecule has 1 aromatic carbocycles. The molecule has 1 saturated heterocycles. The van der Waals surface area contributed by atoms with Crippen LogP contribution in [0.4, 0.5) is 0 Å². The summed E-state index contributed by atoms with van der Waals surface area (Å²) in [5, 5.41) is 3.40. The third-order valence-electron chi connectivity index (χ3n) is 4.68. The van der Waals surface area contributed by atoms with Crippen LogP contribution < -0.4 is 10.1 Å². The maximum Gasteiger partial charge on any atom is 0.223 e. The molecule has 1 aliphatic heterocycles. The summed E-state index contributed by atoms with van der Waals surface area (Å²) in [5.74, 6) is 1.61. The second-order valence-electron chi connectivity index (χ2n) is 5.94. The monoisotopic (exact) mass is 340 g/mol. The van der Waals surface area contributed by atoms with Gasteiger partial charge < -0.3 is 15.0 Å². The molecule has 0 saturated carbocycles. The first-order chi connectivity index (χ1) is 10.7. The minimum absolute atomic E-state index is 0. The molecule has 130 valence electrons. The molecular weight excluding hydrogens is 312 g/mol. The lowest BCUT2D eigenvalue weighted by Gasteiger charge is -2.37. The molecule has 1 amide bonds. The van der Waals surface area contributed by atoms with Crippen LogP contribution in [0.5, 0.6) is 5.75 Å². The molecule has 1 aliphatic rings. The maximum atomic E-state index is 12.8. The zero-order valence-corrected chi connectivity index (χ0v) is 15.2. The number of rotatable bonds is 6. The van der Waals surface area contributed by atoms with Crippen LogP contribution in [-0.4, -0.2) is 37.6 Å². The number of carbonyl (C=O) groups excluding carboxylic acids is 1. The summed E-state index contributed by atoms with van der Waals surface area (Å²) in [7, 11) is 1.69. The molecule has 23 heavy (non-hydrogen) atoms. The van der Waals surface area contributed by atoms with Gasteiger partial charge in [0.05, 0.1) is 13.2 Å². The van der Waals surface area contributed by atoms with Crippen molar-refractivity contribution in [2.45, 2.75) is 39.2 Å². The number of carbonyl (C=O) groups is 1. The normalized spacial score (nSPS) is 17.7. The molecule has 0 radical (unpaired) electrons. The second kappa shape index (κ2) is 9.78. The second-order valence-corrected chi connectivity index (χ2v) is 5.94. The average molecular weight is 341 g/mol. The first-order valence-corrected chi connectivity index (χ1v) is 8.34. The maximum absolute atomic E-state index is 12.8. The van der Waals surface area contributed by atoms with Gasteiger partial charge in [0.25, 0.3) is 0 Å². The third-order valence-corrected chi connectivity index (χ3v) is 4.68. The van der Waals surface area contributed by atoms with E-state index in [9.17, 15) is 4.79 Å². The Hall–Kier alpha value is -1.26. The fourth-order valence-electron chi connectivity index (χ4n) is 3.16. The van der Waals surface area contributed by atoms with Crippen molar-refractivity contribution in [3.8, 4) is 5.75 Å². The average Bonchev–Trinajstić information content (AvgIpc) is 2.59. The van der Waals surface area contributed by atoms with Gasteiger partial charge in [-0.15, -0.1) is 12.4 Å². The molecule has 0 spiro atoms. The molecule has 5 heteroatoms. The molecule has 1 fully saturated rings. The molecule has 1 aromatic rings. The van der Waals surface area contributed by atoms with E-state index >= 15 is 0 Å². The lowest BCUT2D eigenvalue weighted by molar-refractivity contribution is -0.135. The van der Waals surface area contributed by atoms with Gasteiger partial charge in [0.2, 0.25) is 5.91 Å². The number of hydrogen-bond acceptors (Lipinski definition) is 3. The standard InChI is InChI=1S/C18H28N2O2.ClH/c1-4-14(5-2)12-18(21)20-11-10-19-13-16(20)15-8-6-7-9-17(15)22-3;/h6-9,14,16,19H,4-5,10-13H2,1-3H3;1H. The summed E-state index contributed by atoms with van der Waals surface area (Å²) >= 11 is 0. The van der Waals surface area contributed by atoms with Gasteiger partial charge in [0.15, 0.2) is 0 Å². The quantitative estimate of drug-likeness (QED) is 0.862. The van der Waals surface area contributed by atoms with E-state index in [1.807, 2.05) is 23.1 Å². The van der Waals surface area contributed by atoms with Gasteiger partial charge in [-0.25, -0.2) is 0 Å². The van der Waals surface area contributed by atoms with Gasteiger partial charge in [0.1, 0.15) is 5.75 Å². The van der Waals surface area contributed by atoms with Crippen LogP contribution in [0.2, 0.25) is 0 Å². The topological polar surface area (TPSA) is 41.6 Å². The van der Waals surface area contributed by atoms with Crippen LogP contribution in [0.15, 0.2) is 24.3 Å². The first kappa shape index (κ1) is 19.8. The van der Waals surface area contributed by atoms with Crippen LogP contribution in [-0.2, 0) is 4.79 Å². The van der Waals surface area contributed by atoms with Gasteiger partial charge in [-0.2, -0.15) is 0 Å². The molecule has 1 N–H and O–H groups in total. The third kappa shape index (κ3) is 4.85. The number of nitrogens with one attached hydrogen (secondary N) is 1. The number of benzene rings is 1. The highest BCUT2D eigenvalue weighted by molar-refractivity contribution is 5.85. The van der Waals surface area contributed by atoms with Gasteiger partial charge in [-0.3, -0.25) is 4.79 Å². The van der Waals surface area contributed by atoms with Gasteiger partial charge in [-0.05, 0) is 12.0 Å². The number of amides is 1. The van der Waals surface area contributed by atoms with E-state index in [2.05, 4.69) is 25.2 Å². The number of nitrogens with zero attached hydrogens (tertiary/aromatic N) is 1. The van der Waals surface area contributed by atoms with Crippen LogP contribution in [0.25, 0.3) is 0 Å². The molecule has 2 rings (SSSR count). The van der Waals surface area contributed by atoms with Crippen LogP contribution in [0, 0.1) is 5.92 Å². The summed E-state index contributed by atoms with van der Waals surface area (Å²) in [6, 6.07) is 8.07. The van der Waals surface area contributed by atoms with Gasteiger partial charge in [-0.1, -0.05) is 44.9 Å². The zero-order chi connectivity index (χ0) is 15.9. The Bertz CT molecular complexity index is 492. The Morgan fingerprint density at radius 2 is 2.04 bits per heavy atom. The number of para-hydroxylation sites is 1. The molecule has 1 atom stereocenters. The zero-order valence-electron chi connectivity index (χ0n) is 14.4. The molecule has 0 bridgehead atoms. The Balaban J connectivity index is 0.00000264. The molecule has 4 nitrogen and oxygen atoms in total. The van der Waals surface area contributed by atoms with E-state index < -0.39 is 0 Å². The lowest BCUT2D eigenvalue weighted by atomic mass is 9.96. The number of halogens is 1. The molecule has 0 aromatic heterocycles. The predicted octanol–water partition coefficient (Wildman–Crippen LogP) is 3.42. The Morgan fingerprint density at radius 3 is 2.70 bits per heavy atom. The lowest BCUT2D eigenvalue weighted by Crippen LogP contribution is -2.49. The molecular formula is C18H29ClN2O2. The van der Waals surface area contributed by atoms with Crippen molar-refractivity contribution in [1.82, 2.24) is 10.2 Å². The summed E-state index contributed by atoms with van der Waals surface area (Å²) < 4.78 is 5.48. The Labute approximate surface area is 146 Å². The van der Waals surface area contributed by atoms with Gasteiger partial charge in [0, 0.05) is 31.6 Å². The number of hydrogen-bond donors (Lipinski definition) is 1. The summed E-state index contributed by atoms with van der Waals surface area (Å²) in [5.41, 5.74) is 1.09. The van der Waals surface area contributed by atoms with Crippen molar-refractivity contribution in [3.63, 3.8) is 0 Å². The minimum atomic E-state index is 0. The molecule has 0 aliphatic carbocycles. The van der Waals surface area contributed by atoms with Crippen molar-refractivity contribution in [3.05, 3.63) is 29.8 Å².